The Morgan fingerprint density at radius 2 is 2.08 bits per heavy atom. The zero-order valence-corrected chi connectivity index (χ0v) is 16.2. The smallest absolute Gasteiger partial charge is 0.339 e. The number of aryl methyl sites for hydroxylation is 2. The first-order valence-electron chi connectivity index (χ1n) is 8.41. The number of amides is 1. The summed E-state index contributed by atoms with van der Waals surface area (Å²) < 4.78 is 4.88. The number of nitrogens with one attached hydrogen (secondary N) is 1. The molecule has 1 amide bonds. The third kappa shape index (κ3) is 4.10. The standard InChI is InChI=1S/C18H25N3O3S/c1-6-8-13-15(18(23)24-5)11(3)19-16(13)17(22)21(4)9-12-10-25-14(7-2)20-12/h10,19H,6-9H2,1-5H3. The average molecular weight is 363 g/mol. The van der Waals surface area contributed by atoms with Crippen molar-refractivity contribution >= 4 is 23.2 Å². The molecule has 0 unspecified atom stereocenters. The van der Waals surface area contributed by atoms with Gasteiger partial charge in [0.1, 0.15) is 5.69 Å². The Labute approximate surface area is 152 Å². The van der Waals surface area contributed by atoms with Crippen LogP contribution in [-0.4, -0.2) is 40.9 Å². The van der Waals surface area contributed by atoms with Gasteiger partial charge < -0.3 is 14.6 Å². The lowest BCUT2D eigenvalue weighted by Crippen LogP contribution is -2.27. The molecule has 25 heavy (non-hydrogen) atoms. The van der Waals surface area contributed by atoms with Gasteiger partial charge in [-0.25, -0.2) is 9.78 Å². The van der Waals surface area contributed by atoms with Crippen molar-refractivity contribution in [1.82, 2.24) is 14.9 Å². The fourth-order valence-electron chi connectivity index (χ4n) is 2.83. The van der Waals surface area contributed by atoms with Gasteiger partial charge in [-0.05, 0) is 25.3 Å². The molecule has 0 atom stereocenters. The Morgan fingerprint density at radius 1 is 1.36 bits per heavy atom. The van der Waals surface area contributed by atoms with Crippen LogP contribution in [0.25, 0.3) is 0 Å². The van der Waals surface area contributed by atoms with Gasteiger partial charge in [0.15, 0.2) is 0 Å². The molecule has 0 aliphatic heterocycles. The van der Waals surface area contributed by atoms with Gasteiger partial charge in [0.25, 0.3) is 5.91 Å². The minimum Gasteiger partial charge on any atom is -0.465 e. The molecular formula is C18H25N3O3S. The first kappa shape index (κ1) is 19.2. The Kier molecular flexibility index (Phi) is 6.36. The summed E-state index contributed by atoms with van der Waals surface area (Å²) in [5.74, 6) is -0.557. The van der Waals surface area contributed by atoms with E-state index in [0.29, 0.717) is 29.9 Å². The number of aromatic amines is 1. The van der Waals surface area contributed by atoms with E-state index in [1.165, 1.54) is 7.11 Å². The van der Waals surface area contributed by atoms with Crippen LogP contribution in [0.1, 0.15) is 63.1 Å². The highest BCUT2D eigenvalue weighted by Crippen LogP contribution is 2.23. The number of hydrogen-bond donors (Lipinski definition) is 1. The normalized spacial score (nSPS) is 10.8. The summed E-state index contributed by atoms with van der Waals surface area (Å²) >= 11 is 1.61. The Morgan fingerprint density at radius 3 is 2.64 bits per heavy atom. The maximum Gasteiger partial charge on any atom is 0.339 e. The number of hydrogen-bond acceptors (Lipinski definition) is 5. The van der Waals surface area contributed by atoms with E-state index in [1.54, 1.807) is 30.2 Å². The molecule has 2 aromatic heterocycles. The minimum absolute atomic E-state index is 0.146. The molecule has 2 heterocycles. The molecule has 0 saturated heterocycles. The Hall–Kier alpha value is -2.15. The van der Waals surface area contributed by atoms with Gasteiger partial charge in [-0.2, -0.15) is 0 Å². The van der Waals surface area contributed by atoms with Crippen molar-refractivity contribution in [3.05, 3.63) is 38.6 Å². The third-order valence-electron chi connectivity index (χ3n) is 4.04. The Balaban J connectivity index is 2.29. The highest BCUT2D eigenvalue weighted by molar-refractivity contribution is 7.09. The topological polar surface area (TPSA) is 75.3 Å². The van der Waals surface area contributed by atoms with E-state index in [4.69, 9.17) is 4.74 Å². The number of aromatic nitrogens is 2. The second-order valence-electron chi connectivity index (χ2n) is 5.97. The molecule has 0 radical (unpaired) electrons. The first-order valence-corrected chi connectivity index (χ1v) is 9.29. The zero-order valence-electron chi connectivity index (χ0n) is 15.4. The largest absolute Gasteiger partial charge is 0.465 e. The maximum absolute atomic E-state index is 12.9. The molecule has 136 valence electrons. The third-order valence-corrected chi connectivity index (χ3v) is 5.08. The molecule has 7 heteroatoms. The lowest BCUT2D eigenvalue weighted by Gasteiger charge is -2.16. The minimum atomic E-state index is -0.411. The number of H-pyrrole nitrogens is 1. The number of nitrogens with zero attached hydrogens (tertiary/aromatic N) is 2. The van der Waals surface area contributed by atoms with Gasteiger partial charge in [0.2, 0.25) is 0 Å². The summed E-state index contributed by atoms with van der Waals surface area (Å²) in [7, 11) is 3.10. The van der Waals surface area contributed by atoms with Crippen molar-refractivity contribution < 1.29 is 14.3 Å². The van der Waals surface area contributed by atoms with Crippen LogP contribution < -0.4 is 0 Å². The van der Waals surface area contributed by atoms with Crippen LogP contribution in [0, 0.1) is 6.92 Å². The lowest BCUT2D eigenvalue weighted by molar-refractivity contribution is 0.0599. The van der Waals surface area contributed by atoms with Gasteiger partial charge in [0.05, 0.1) is 29.9 Å². The van der Waals surface area contributed by atoms with E-state index in [1.807, 2.05) is 12.3 Å². The van der Waals surface area contributed by atoms with Crippen LogP contribution in [0.4, 0.5) is 0 Å². The summed E-state index contributed by atoms with van der Waals surface area (Å²) in [4.78, 5) is 34.2. The summed E-state index contributed by atoms with van der Waals surface area (Å²) in [5.41, 5.74) is 3.22. The number of carbonyl (C=O) groups excluding carboxylic acids is 2. The van der Waals surface area contributed by atoms with E-state index >= 15 is 0 Å². The number of carbonyl (C=O) groups is 2. The van der Waals surface area contributed by atoms with Crippen LogP contribution >= 0.6 is 11.3 Å². The molecule has 0 spiro atoms. The van der Waals surface area contributed by atoms with Gasteiger partial charge in [-0.15, -0.1) is 11.3 Å². The van der Waals surface area contributed by atoms with Crippen molar-refractivity contribution in [2.24, 2.45) is 0 Å². The van der Waals surface area contributed by atoms with Gasteiger partial charge in [-0.1, -0.05) is 20.3 Å². The van der Waals surface area contributed by atoms with Gasteiger partial charge in [0, 0.05) is 18.1 Å². The van der Waals surface area contributed by atoms with Crippen LogP contribution in [0.3, 0.4) is 0 Å². The van der Waals surface area contributed by atoms with E-state index in [9.17, 15) is 9.59 Å². The second-order valence-corrected chi connectivity index (χ2v) is 6.91. The van der Waals surface area contributed by atoms with Crippen LogP contribution in [0.2, 0.25) is 0 Å². The molecule has 2 rings (SSSR count). The molecule has 0 aliphatic rings. The molecule has 0 fully saturated rings. The highest BCUT2D eigenvalue weighted by Gasteiger charge is 2.26. The summed E-state index contributed by atoms with van der Waals surface area (Å²) in [6.45, 7) is 6.30. The molecule has 0 aliphatic carbocycles. The molecule has 0 aromatic carbocycles. The van der Waals surface area contributed by atoms with Crippen LogP contribution in [0.5, 0.6) is 0 Å². The monoisotopic (exact) mass is 363 g/mol. The van der Waals surface area contributed by atoms with Crippen molar-refractivity contribution in [3.8, 4) is 0 Å². The maximum atomic E-state index is 12.9. The molecule has 0 saturated carbocycles. The molecule has 0 bridgehead atoms. The zero-order chi connectivity index (χ0) is 18.6. The fraction of sp³-hybridized carbons (Fsp3) is 0.500. The van der Waals surface area contributed by atoms with E-state index < -0.39 is 5.97 Å². The highest BCUT2D eigenvalue weighted by atomic mass is 32.1. The van der Waals surface area contributed by atoms with E-state index in [2.05, 4.69) is 16.9 Å². The van der Waals surface area contributed by atoms with E-state index in [-0.39, 0.29) is 5.91 Å². The van der Waals surface area contributed by atoms with Crippen LogP contribution in [0.15, 0.2) is 5.38 Å². The lowest BCUT2D eigenvalue weighted by atomic mass is 10.0. The van der Waals surface area contributed by atoms with Crippen molar-refractivity contribution in [3.63, 3.8) is 0 Å². The first-order chi connectivity index (χ1) is 11.9. The summed E-state index contributed by atoms with van der Waals surface area (Å²) in [6.07, 6.45) is 2.36. The van der Waals surface area contributed by atoms with Crippen molar-refractivity contribution in [2.45, 2.75) is 46.6 Å². The number of thiazole rings is 1. The van der Waals surface area contributed by atoms with Crippen molar-refractivity contribution in [2.75, 3.05) is 14.2 Å². The summed E-state index contributed by atoms with van der Waals surface area (Å²) in [5, 5.41) is 3.04. The van der Waals surface area contributed by atoms with Crippen molar-refractivity contribution in [1.29, 1.82) is 0 Å². The predicted octanol–water partition coefficient (Wildman–Crippen LogP) is 3.35. The van der Waals surface area contributed by atoms with Gasteiger partial charge >= 0.3 is 5.97 Å². The molecule has 1 N–H and O–H groups in total. The molecule has 6 nitrogen and oxygen atoms in total. The van der Waals surface area contributed by atoms with E-state index in [0.717, 1.165) is 29.1 Å². The predicted molar refractivity (Wildman–Crippen MR) is 98.2 cm³/mol. The van der Waals surface area contributed by atoms with Crippen LogP contribution in [-0.2, 0) is 24.1 Å². The molecule has 2 aromatic rings. The molecular weight excluding hydrogens is 338 g/mol. The fourth-order valence-corrected chi connectivity index (χ4v) is 3.56. The Bertz CT molecular complexity index is 764. The average Bonchev–Trinajstić information content (AvgIpc) is 3.18. The summed E-state index contributed by atoms with van der Waals surface area (Å²) in [6, 6.07) is 0. The number of ether oxygens (including phenoxy) is 1. The number of methoxy groups -OCH3 is 1. The second kappa shape index (κ2) is 8.29. The van der Waals surface area contributed by atoms with Gasteiger partial charge in [-0.3, -0.25) is 4.79 Å². The SMILES string of the molecule is CCCc1c(C(=O)N(C)Cc2csc(CC)n2)[nH]c(C)c1C(=O)OC. The number of rotatable bonds is 7. The quantitative estimate of drug-likeness (QED) is 0.766. The number of esters is 1.